The van der Waals surface area contributed by atoms with Gasteiger partial charge >= 0.3 is 0 Å². The highest BCUT2D eigenvalue weighted by Crippen LogP contribution is 2.65. The van der Waals surface area contributed by atoms with E-state index < -0.39 is 10.0 Å². The zero-order valence-electron chi connectivity index (χ0n) is 17.2. The maximum absolute atomic E-state index is 12.8. The standard InChI is InChI=1S/C21H32N2O3S/c1-14(2)23(6)27(25,26)17-9-7-15(8-10-17)19(24)22-18-13-16-11-12-21(18,5)20(16,3)4/h7-10,14,16,18H,11-13H2,1-6H3,(H,22,24). The zero-order chi connectivity index (χ0) is 20.2. The maximum atomic E-state index is 12.8. The number of amides is 1. The number of carbonyl (C=O) groups is 1. The number of nitrogens with zero attached hydrogens (tertiary/aromatic N) is 1. The van der Waals surface area contributed by atoms with E-state index in [9.17, 15) is 13.2 Å². The van der Waals surface area contributed by atoms with Crippen LogP contribution in [0.25, 0.3) is 0 Å². The van der Waals surface area contributed by atoms with Crippen LogP contribution in [0.1, 0.15) is 64.2 Å². The monoisotopic (exact) mass is 392 g/mol. The Hall–Kier alpha value is -1.40. The van der Waals surface area contributed by atoms with Gasteiger partial charge in [0.05, 0.1) is 4.90 Å². The van der Waals surface area contributed by atoms with Gasteiger partial charge in [-0.3, -0.25) is 4.79 Å². The first kappa shape index (κ1) is 20.3. The van der Waals surface area contributed by atoms with Gasteiger partial charge in [-0.05, 0) is 74.1 Å². The molecule has 0 spiro atoms. The predicted octanol–water partition coefficient (Wildman–Crippen LogP) is 3.66. The fraction of sp³-hybridized carbons (Fsp3) is 0.667. The van der Waals surface area contributed by atoms with Crippen molar-refractivity contribution in [1.82, 2.24) is 9.62 Å². The summed E-state index contributed by atoms with van der Waals surface area (Å²) in [7, 11) is -1.97. The Bertz CT molecular complexity index is 829. The van der Waals surface area contributed by atoms with Crippen LogP contribution in [0.4, 0.5) is 0 Å². The Morgan fingerprint density at radius 3 is 2.22 bits per heavy atom. The summed E-state index contributed by atoms with van der Waals surface area (Å²) in [6, 6.07) is 6.31. The fourth-order valence-corrected chi connectivity index (χ4v) is 6.25. The lowest BCUT2D eigenvalue weighted by atomic mass is 9.69. The quantitative estimate of drug-likeness (QED) is 0.831. The van der Waals surface area contributed by atoms with E-state index in [0.717, 1.165) is 12.8 Å². The van der Waals surface area contributed by atoms with Gasteiger partial charge in [-0.2, -0.15) is 4.31 Å². The Labute approximate surface area is 163 Å². The molecule has 150 valence electrons. The second-order valence-electron chi connectivity index (χ2n) is 9.28. The number of nitrogens with one attached hydrogen (secondary N) is 1. The first-order valence-corrected chi connectivity index (χ1v) is 11.2. The molecule has 2 bridgehead atoms. The van der Waals surface area contributed by atoms with Crippen molar-refractivity contribution in [3.8, 4) is 0 Å². The number of hydrogen-bond donors (Lipinski definition) is 1. The Balaban J connectivity index is 1.74. The summed E-state index contributed by atoms with van der Waals surface area (Å²) in [6.45, 7) is 10.6. The average molecular weight is 393 g/mol. The van der Waals surface area contributed by atoms with Crippen LogP contribution in [0.5, 0.6) is 0 Å². The molecule has 2 aliphatic carbocycles. The van der Waals surface area contributed by atoms with Gasteiger partial charge in [-0.25, -0.2) is 8.42 Å². The molecule has 0 aliphatic heterocycles. The molecule has 5 nitrogen and oxygen atoms in total. The summed E-state index contributed by atoms with van der Waals surface area (Å²) in [4.78, 5) is 13.0. The predicted molar refractivity (Wildman–Crippen MR) is 107 cm³/mol. The van der Waals surface area contributed by atoms with Gasteiger partial charge in [0.2, 0.25) is 10.0 Å². The summed E-state index contributed by atoms with van der Waals surface area (Å²) in [5.41, 5.74) is 0.867. The summed E-state index contributed by atoms with van der Waals surface area (Å²) in [5.74, 6) is 0.539. The zero-order valence-corrected chi connectivity index (χ0v) is 18.1. The largest absolute Gasteiger partial charge is 0.349 e. The lowest BCUT2D eigenvalue weighted by Gasteiger charge is -2.39. The van der Waals surface area contributed by atoms with Gasteiger partial charge in [0, 0.05) is 24.7 Å². The lowest BCUT2D eigenvalue weighted by molar-refractivity contribution is 0.0826. The van der Waals surface area contributed by atoms with Gasteiger partial charge in [-0.15, -0.1) is 0 Å². The molecule has 3 unspecified atom stereocenters. The Kier molecular flexibility index (Phi) is 4.96. The Morgan fingerprint density at radius 1 is 1.19 bits per heavy atom. The minimum absolute atomic E-state index is 0.120. The fourth-order valence-electron chi connectivity index (χ4n) is 4.89. The van der Waals surface area contributed by atoms with Crippen molar-refractivity contribution in [2.45, 2.75) is 70.9 Å². The van der Waals surface area contributed by atoms with Crippen LogP contribution in [0, 0.1) is 16.7 Å². The van der Waals surface area contributed by atoms with Gasteiger partial charge in [0.25, 0.3) is 5.91 Å². The van der Waals surface area contributed by atoms with Gasteiger partial charge in [0.1, 0.15) is 0 Å². The highest BCUT2D eigenvalue weighted by atomic mass is 32.2. The first-order valence-electron chi connectivity index (χ1n) is 9.80. The molecule has 3 atom stereocenters. The number of benzene rings is 1. The van der Waals surface area contributed by atoms with E-state index >= 15 is 0 Å². The third-order valence-corrected chi connectivity index (χ3v) is 9.67. The first-order chi connectivity index (χ1) is 12.4. The summed E-state index contributed by atoms with van der Waals surface area (Å²) in [5, 5.41) is 3.22. The van der Waals surface area contributed by atoms with E-state index in [0.29, 0.717) is 11.5 Å². The van der Waals surface area contributed by atoms with E-state index in [4.69, 9.17) is 0 Å². The SMILES string of the molecule is CC(C)N(C)S(=O)(=O)c1ccc(C(=O)NC2CC3CCC2(C)C3(C)C)cc1. The molecule has 0 radical (unpaired) electrons. The molecule has 1 amide bonds. The second kappa shape index (κ2) is 6.59. The van der Waals surface area contributed by atoms with Crippen LogP contribution in [0.2, 0.25) is 0 Å². The molecule has 2 aliphatic rings. The van der Waals surface area contributed by atoms with E-state index in [1.54, 1.807) is 19.2 Å². The smallest absolute Gasteiger partial charge is 0.251 e. The maximum Gasteiger partial charge on any atom is 0.251 e. The molecule has 0 aromatic heterocycles. The molecule has 2 fully saturated rings. The topological polar surface area (TPSA) is 66.5 Å². The van der Waals surface area contributed by atoms with Crippen molar-refractivity contribution in [3.05, 3.63) is 29.8 Å². The summed E-state index contributed by atoms with van der Waals surface area (Å²) < 4.78 is 26.5. The summed E-state index contributed by atoms with van der Waals surface area (Å²) in [6.07, 6.45) is 3.42. The molecule has 1 aromatic rings. The highest BCUT2D eigenvalue weighted by molar-refractivity contribution is 7.89. The van der Waals surface area contributed by atoms with Crippen LogP contribution in [-0.4, -0.2) is 37.8 Å². The average Bonchev–Trinajstić information content (AvgIpc) is 2.94. The van der Waals surface area contributed by atoms with Crippen molar-refractivity contribution in [2.75, 3.05) is 7.05 Å². The lowest BCUT2D eigenvalue weighted by Crippen LogP contribution is -2.46. The van der Waals surface area contributed by atoms with Gasteiger partial charge < -0.3 is 5.32 Å². The van der Waals surface area contributed by atoms with Crippen LogP contribution >= 0.6 is 0 Å². The van der Waals surface area contributed by atoms with Crippen molar-refractivity contribution >= 4 is 15.9 Å². The molecule has 2 saturated carbocycles. The highest BCUT2D eigenvalue weighted by Gasteiger charge is 2.61. The van der Waals surface area contributed by atoms with Gasteiger partial charge in [-0.1, -0.05) is 20.8 Å². The van der Waals surface area contributed by atoms with E-state index in [1.165, 1.54) is 22.9 Å². The van der Waals surface area contributed by atoms with Crippen LogP contribution in [0.3, 0.4) is 0 Å². The van der Waals surface area contributed by atoms with Crippen molar-refractivity contribution < 1.29 is 13.2 Å². The third kappa shape index (κ3) is 3.11. The minimum Gasteiger partial charge on any atom is -0.349 e. The molecule has 0 heterocycles. The molecule has 0 saturated heterocycles. The normalized spacial score (nSPS) is 29.5. The van der Waals surface area contributed by atoms with Crippen molar-refractivity contribution in [2.24, 2.45) is 16.7 Å². The molecule has 3 rings (SSSR count). The Morgan fingerprint density at radius 2 is 1.78 bits per heavy atom. The molecule has 27 heavy (non-hydrogen) atoms. The van der Waals surface area contributed by atoms with E-state index in [2.05, 4.69) is 26.1 Å². The van der Waals surface area contributed by atoms with E-state index in [-0.39, 0.29) is 33.7 Å². The van der Waals surface area contributed by atoms with Crippen LogP contribution < -0.4 is 5.32 Å². The number of carbonyl (C=O) groups excluding carboxylic acids is 1. The van der Waals surface area contributed by atoms with Crippen molar-refractivity contribution in [1.29, 1.82) is 0 Å². The molecule has 1 aromatic carbocycles. The number of sulfonamides is 1. The van der Waals surface area contributed by atoms with Crippen molar-refractivity contribution in [3.63, 3.8) is 0 Å². The molecular weight excluding hydrogens is 360 g/mol. The number of hydrogen-bond acceptors (Lipinski definition) is 3. The minimum atomic E-state index is -3.53. The van der Waals surface area contributed by atoms with Crippen LogP contribution in [0.15, 0.2) is 29.2 Å². The van der Waals surface area contributed by atoms with E-state index in [1.807, 2.05) is 13.8 Å². The third-order valence-electron chi connectivity index (χ3n) is 7.62. The molecular formula is C21H32N2O3S. The number of rotatable bonds is 5. The molecule has 6 heteroatoms. The molecule has 1 N–H and O–H groups in total. The second-order valence-corrected chi connectivity index (χ2v) is 11.3. The van der Waals surface area contributed by atoms with Gasteiger partial charge in [0.15, 0.2) is 0 Å². The summed E-state index contributed by atoms with van der Waals surface area (Å²) >= 11 is 0. The number of fused-ring (bicyclic) bond motifs is 2. The van der Waals surface area contributed by atoms with Crippen LogP contribution in [-0.2, 0) is 10.0 Å².